The van der Waals surface area contributed by atoms with Crippen LogP contribution in [0.15, 0.2) is 29.0 Å². The van der Waals surface area contributed by atoms with E-state index in [2.05, 4.69) is 26.1 Å². The molecule has 0 atom stereocenters. The van der Waals surface area contributed by atoms with Crippen molar-refractivity contribution in [1.82, 2.24) is 14.8 Å². The molecule has 88 valence electrons. The number of ether oxygens (including phenoxy) is 1. The van der Waals surface area contributed by atoms with Gasteiger partial charge in [0, 0.05) is 17.1 Å². The number of hydrogen-bond acceptors (Lipinski definition) is 4. The number of rotatable bonds is 4. The zero-order chi connectivity index (χ0) is 12.3. The Morgan fingerprint density at radius 1 is 1.53 bits per heavy atom. The Bertz CT molecular complexity index is 539. The highest BCUT2D eigenvalue weighted by Crippen LogP contribution is 2.21. The first-order chi connectivity index (χ1) is 8.20. The minimum atomic E-state index is 0.316. The lowest BCUT2D eigenvalue weighted by Gasteiger charge is -2.06. The lowest BCUT2D eigenvalue weighted by molar-refractivity contribution is 0.112. The standard InChI is InChI=1S/C11H10BrN3O2/c1-15-7-13-14-11(15)6-17-9-2-3-10(12)8(4-9)5-16/h2-5,7H,6H2,1H3. The van der Waals surface area contributed by atoms with Gasteiger partial charge in [-0.25, -0.2) is 0 Å². The quantitative estimate of drug-likeness (QED) is 0.809. The number of carbonyl (C=O) groups is 1. The van der Waals surface area contributed by atoms with Crippen LogP contribution in [-0.4, -0.2) is 21.1 Å². The third kappa shape index (κ3) is 2.71. The monoisotopic (exact) mass is 295 g/mol. The van der Waals surface area contributed by atoms with Crippen molar-refractivity contribution in [3.05, 3.63) is 40.4 Å². The first kappa shape index (κ1) is 11.8. The van der Waals surface area contributed by atoms with Gasteiger partial charge in [0.05, 0.1) is 0 Å². The van der Waals surface area contributed by atoms with Gasteiger partial charge in [-0.15, -0.1) is 10.2 Å². The summed E-state index contributed by atoms with van der Waals surface area (Å²) in [5.74, 6) is 1.35. The highest BCUT2D eigenvalue weighted by atomic mass is 79.9. The van der Waals surface area contributed by atoms with Gasteiger partial charge < -0.3 is 9.30 Å². The molecule has 0 bridgehead atoms. The van der Waals surface area contributed by atoms with Crippen LogP contribution in [0.5, 0.6) is 5.75 Å². The molecular formula is C11H10BrN3O2. The van der Waals surface area contributed by atoms with Crippen LogP contribution in [0, 0.1) is 0 Å². The van der Waals surface area contributed by atoms with Gasteiger partial charge >= 0.3 is 0 Å². The number of halogens is 1. The highest BCUT2D eigenvalue weighted by Gasteiger charge is 2.04. The Balaban J connectivity index is 2.09. The van der Waals surface area contributed by atoms with Gasteiger partial charge in [-0.3, -0.25) is 4.79 Å². The van der Waals surface area contributed by atoms with E-state index < -0.39 is 0 Å². The SMILES string of the molecule is Cn1cnnc1COc1ccc(Br)c(C=O)c1. The average Bonchev–Trinajstić information content (AvgIpc) is 2.74. The van der Waals surface area contributed by atoms with Gasteiger partial charge in [0.2, 0.25) is 0 Å². The molecule has 0 aliphatic rings. The van der Waals surface area contributed by atoms with Crippen molar-refractivity contribution in [1.29, 1.82) is 0 Å². The van der Waals surface area contributed by atoms with E-state index in [0.29, 0.717) is 17.9 Å². The van der Waals surface area contributed by atoms with Crippen molar-refractivity contribution < 1.29 is 9.53 Å². The number of benzene rings is 1. The fourth-order valence-electron chi connectivity index (χ4n) is 1.29. The maximum atomic E-state index is 10.8. The van der Waals surface area contributed by atoms with Crippen LogP contribution in [0.1, 0.15) is 16.2 Å². The summed E-state index contributed by atoms with van der Waals surface area (Å²) in [7, 11) is 1.84. The van der Waals surface area contributed by atoms with Crippen molar-refractivity contribution >= 4 is 22.2 Å². The summed E-state index contributed by atoms with van der Waals surface area (Å²) in [4.78, 5) is 10.8. The first-order valence-electron chi connectivity index (χ1n) is 4.91. The molecular weight excluding hydrogens is 286 g/mol. The summed E-state index contributed by atoms with van der Waals surface area (Å²) in [5.41, 5.74) is 0.556. The zero-order valence-corrected chi connectivity index (χ0v) is 10.7. The fraction of sp³-hybridized carbons (Fsp3) is 0.182. The molecule has 0 saturated carbocycles. The molecule has 0 amide bonds. The van der Waals surface area contributed by atoms with Crippen LogP contribution in [0.2, 0.25) is 0 Å². The van der Waals surface area contributed by atoms with Gasteiger partial charge in [0.1, 0.15) is 18.7 Å². The minimum absolute atomic E-state index is 0.316. The molecule has 0 aliphatic carbocycles. The van der Waals surface area contributed by atoms with Gasteiger partial charge in [-0.1, -0.05) is 15.9 Å². The third-order valence-electron chi connectivity index (χ3n) is 2.27. The number of aromatic nitrogens is 3. The molecule has 0 aliphatic heterocycles. The summed E-state index contributed by atoms with van der Waals surface area (Å²) in [6.07, 6.45) is 2.39. The van der Waals surface area contributed by atoms with E-state index in [1.165, 1.54) is 0 Å². The summed E-state index contributed by atoms with van der Waals surface area (Å²) in [6.45, 7) is 0.316. The molecule has 1 heterocycles. The Morgan fingerprint density at radius 2 is 2.35 bits per heavy atom. The van der Waals surface area contributed by atoms with Crippen LogP contribution in [-0.2, 0) is 13.7 Å². The molecule has 0 radical (unpaired) electrons. The molecule has 1 aromatic heterocycles. The normalized spacial score (nSPS) is 10.2. The van der Waals surface area contributed by atoms with Crippen LogP contribution >= 0.6 is 15.9 Å². The van der Waals surface area contributed by atoms with Gasteiger partial charge in [-0.05, 0) is 18.2 Å². The van der Waals surface area contributed by atoms with Crippen LogP contribution in [0.3, 0.4) is 0 Å². The Kier molecular flexibility index (Phi) is 3.53. The predicted octanol–water partition coefficient (Wildman–Crippen LogP) is 1.97. The largest absolute Gasteiger partial charge is 0.486 e. The van der Waals surface area contributed by atoms with Crippen molar-refractivity contribution in [3.8, 4) is 5.75 Å². The van der Waals surface area contributed by atoms with E-state index in [4.69, 9.17) is 4.74 Å². The summed E-state index contributed by atoms with van der Waals surface area (Å²) < 4.78 is 8.05. The van der Waals surface area contributed by atoms with E-state index in [0.717, 1.165) is 16.6 Å². The molecule has 0 N–H and O–H groups in total. The number of nitrogens with zero attached hydrogens (tertiary/aromatic N) is 3. The number of aldehydes is 1. The molecule has 2 rings (SSSR count). The van der Waals surface area contributed by atoms with E-state index in [1.54, 1.807) is 29.1 Å². The molecule has 0 unspecified atom stereocenters. The van der Waals surface area contributed by atoms with Gasteiger partial charge in [0.25, 0.3) is 0 Å². The molecule has 0 fully saturated rings. The Morgan fingerprint density at radius 3 is 3.00 bits per heavy atom. The highest BCUT2D eigenvalue weighted by molar-refractivity contribution is 9.10. The number of aryl methyl sites for hydroxylation is 1. The number of carbonyl (C=O) groups excluding carboxylic acids is 1. The van der Waals surface area contributed by atoms with E-state index >= 15 is 0 Å². The second kappa shape index (κ2) is 5.09. The van der Waals surface area contributed by atoms with Crippen molar-refractivity contribution in [2.45, 2.75) is 6.61 Å². The third-order valence-corrected chi connectivity index (χ3v) is 2.99. The number of hydrogen-bond donors (Lipinski definition) is 0. The maximum Gasteiger partial charge on any atom is 0.170 e. The van der Waals surface area contributed by atoms with Crippen molar-refractivity contribution in [3.63, 3.8) is 0 Å². The first-order valence-corrected chi connectivity index (χ1v) is 5.70. The van der Waals surface area contributed by atoms with Crippen LogP contribution < -0.4 is 4.74 Å². The van der Waals surface area contributed by atoms with Gasteiger partial charge in [-0.2, -0.15) is 0 Å². The molecule has 5 nitrogen and oxygen atoms in total. The van der Waals surface area contributed by atoms with Gasteiger partial charge in [0.15, 0.2) is 12.1 Å². The van der Waals surface area contributed by atoms with Crippen molar-refractivity contribution in [2.75, 3.05) is 0 Å². The summed E-state index contributed by atoms with van der Waals surface area (Å²) in [6, 6.07) is 5.23. The van der Waals surface area contributed by atoms with E-state index in [-0.39, 0.29) is 0 Å². The average molecular weight is 296 g/mol. The summed E-state index contributed by atoms with van der Waals surface area (Å²) in [5, 5.41) is 7.65. The second-order valence-corrected chi connectivity index (χ2v) is 4.30. The molecule has 0 spiro atoms. The molecule has 17 heavy (non-hydrogen) atoms. The lowest BCUT2D eigenvalue weighted by Crippen LogP contribution is -2.03. The maximum absolute atomic E-state index is 10.8. The van der Waals surface area contributed by atoms with Crippen molar-refractivity contribution in [2.24, 2.45) is 7.05 Å². The Labute approximate surface area is 107 Å². The summed E-state index contributed by atoms with van der Waals surface area (Å²) >= 11 is 3.28. The topological polar surface area (TPSA) is 57.0 Å². The molecule has 0 saturated heterocycles. The molecule has 2 aromatic rings. The smallest absolute Gasteiger partial charge is 0.170 e. The molecule has 6 heteroatoms. The second-order valence-electron chi connectivity index (χ2n) is 3.45. The zero-order valence-electron chi connectivity index (χ0n) is 9.13. The minimum Gasteiger partial charge on any atom is -0.486 e. The Hall–Kier alpha value is -1.69. The lowest BCUT2D eigenvalue weighted by atomic mass is 10.2. The fourth-order valence-corrected chi connectivity index (χ4v) is 1.63. The van der Waals surface area contributed by atoms with E-state index in [9.17, 15) is 4.79 Å². The van der Waals surface area contributed by atoms with Crippen LogP contribution in [0.4, 0.5) is 0 Å². The van der Waals surface area contributed by atoms with Crippen LogP contribution in [0.25, 0.3) is 0 Å². The molecule has 1 aromatic carbocycles. The predicted molar refractivity (Wildman–Crippen MR) is 64.9 cm³/mol. The van der Waals surface area contributed by atoms with E-state index in [1.807, 2.05) is 7.05 Å².